The Morgan fingerprint density at radius 3 is 1.90 bits per heavy atom. The van der Waals surface area contributed by atoms with Gasteiger partial charge in [0.25, 0.3) is 0 Å². The zero-order valence-electron chi connectivity index (χ0n) is 12.9. The van der Waals surface area contributed by atoms with Crippen molar-refractivity contribution in [2.75, 3.05) is 26.3 Å². The molecule has 0 aliphatic carbocycles. The van der Waals surface area contributed by atoms with Crippen molar-refractivity contribution < 1.29 is 17.9 Å². The van der Waals surface area contributed by atoms with Gasteiger partial charge in [0.1, 0.15) is 0 Å². The van der Waals surface area contributed by atoms with Crippen LogP contribution < -0.4 is 0 Å². The minimum atomic E-state index is -3.67. The summed E-state index contributed by atoms with van der Waals surface area (Å²) >= 11 is 0. The van der Waals surface area contributed by atoms with Gasteiger partial charge in [-0.05, 0) is 50.1 Å². The Balaban J connectivity index is 0.000000444. The summed E-state index contributed by atoms with van der Waals surface area (Å²) in [5.41, 5.74) is 0.585. The molecule has 2 aliphatic rings. The molecule has 0 aromatic carbocycles. The lowest BCUT2D eigenvalue weighted by Gasteiger charge is -2.45. The molecule has 0 radical (unpaired) electrons. The first-order chi connectivity index (χ1) is 9.35. The first kappa shape index (κ1) is 17.8. The summed E-state index contributed by atoms with van der Waals surface area (Å²) in [5, 5.41) is 0. The van der Waals surface area contributed by atoms with Gasteiger partial charge in [-0.3, -0.25) is 0 Å². The van der Waals surface area contributed by atoms with E-state index in [0.717, 1.165) is 25.2 Å². The van der Waals surface area contributed by atoms with Crippen LogP contribution in [0.3, 0.4) is 0 Å². The molecule has 0 spiro atoms. The molecule has 0 amide bonds. The lowest BCUT2D eigenvalue weighted by Crippen LogP contribution is -2.47. The van der Waals surface area contributed by atoms with Crippen LogP contribution in [0.2, 0.25) is 0 Å². The minimum Gasteiger partial charge on any atom is -0.381 e. The maximum absolute atomic E-state index is 9.67. The molecule has 5 heteroatoms. The summed E-state index contributed by atoms with van der Waals surface area (Å²) in [6.45, 7) is 8.12. The van der Waals surface area contributed by atoms with E-state index in [2.05, 4.69) is 25.7 Å². The van der Waals surface area contributed by atoms with Crippen molar-refractivity contribution in [3.05, 3.63) is 0 Å². The minimum absolute atomic E-state index is 0.585. The molecule has 0 N–H and O–H groups in total. The third-order valence-corrected chi connectivity index (χ3v) is 5.04. The predicted octanol–water partition coefficient (Wildman–Crippen LogP) is 4.10. The fourth-order valence-corrected chi connectivity index (χ4v) is 3.03. The van der Waals surface area contributed by atoms with Gasteiger partial charge in [-0.15, -0.1) is 0 Å². The van der Waals surface area contributed by atoms with Crippen LogP contribution in [0.4, 0.5) is 13.2 Å². The average Bonchev–Trinajstić information content (AvgIpc) is 2.40. The molecule has 2 nitrogen and oxygen atoms in total. The molecule has 2 fully saturated rings. The number of rotatable bonds is 2. The number of piperidine rings is 1. The van der Waals surface area contributed by atoms with E-state index in [1.807, 2.05) is 0 Å². The third kappa shape index (κ3) is 5.60. The topological polar surface area (TPSA) is 12.5 Å². The Kier molecular flexibility index (Phi) is 7.30. The molecule has 20 heavy (non-hydrogen) atoms. The van der Waals surface area contributed by atoms with E-state index in [1.54, 1.807) is 0 Å². The number of hydrogen-bond acceptors (Lipinski definition) is 2. The van der Waals surface area contributed by atoms with Crippen molar-refractivity contribution in [2.24, 2.45) is 11.3 Å². The molecule has 0 saturated carbocycles. The van der Waals surface area contributed by atoms with Gasteiger partial charge in [-0.25, -0.2) is 0 Å². The quantitative estimate of drug-likeness (QED) is 0.760. The second kappa shape index (κ2) is 8.23. The van der Waals surface area contributed by atoms with Gasteiger partial charge < -0.3 is 9.64 Å². The van der Waals surface area contributed by atoms with Crippen molar-refractivity contribution in [1.82, 2.24) is 4.90 Å². The van der Waals surface area contributed by atoms with Crippen molar-refractivity contribution in [3.63, 3.8) is 0 Å². The Labute approximate surface area is 120 Å². The number of alkyl halides is 3. The summed E-state index contributed by atoms with van der Waals surface area (Å²) in [5.74, 6) is 0.823. The van der Waals surface area contributed by atoms with E-state index >= 15 is 0 Å². The molecule has 0 bridgehead atoms. The van der Waals surface area contributed by atoms with Gasteiger partial charge >= 0.3 is 6.68 Å². The van der Waals surface area contributed by atoms with Crippen LogP contribution in [0.15, 0.2) is 0 Å². The fraction of sp³-hybridized carbons (Fsp3) is 1.00. The SMILES string of the molecule is CC(C)C1(C)CCN(C2CCOCC2)CC1.FC(F)F. The van der Waals surface area contributed by atoms with Crippen LogP contribution in [0.25, 0.3) is 0 Å². The van der Waals surface area contributed by atoms with Crippen LogP contribution in [0.1, 0.15) is 46.5 Å². The average molecular weight is 295 g/mol. The van der Waals surface area contributed by atoms with E-state index in [4.69, 9.17) is 4.74 Å². The van der Waals surface area contributed by atoms with Crippen molar-refractivity contribution in [1.29, 1.82) is 0 Å². The summed E-state index contributed by atoms with van der Waals surface area (Å²) in [4.78, 5) is 2.71. The Morgan fingerprint density at radius 2 is 1.50 bits per heavy atom. The first-order valence-corrected chi connectivity index (χ1v) is 7.59. The van der Waals surface area contributed by atoms with E-state index in [9.17, 15) is 13.2 Å². The Hall–Kier alpha value is -0.290. The molecular weight excluding hydrogens is 267 g/mol. The number of likely N-dealkylation sites (tertiary alicyclic amines) is 1. The maximum Gasteiger partial charge on any atom is 0.379 e. The van der Waals surface area contributed by atoms with Gasteiger partial charge in [0.2, 0.25) is 0 Å². The van der Waals surface area contributed by atoms with Crippen molar-refractivity contribution in [3.8, 4) is 0 Å². The highest BCUT2D eigenvalue weighted by Crippen LogP contribution is 2.39. The molecule has 0 aromatic rings. The molecule has 0 aromatic heterocycles. The Bertz CT molecular complexity index is 257. The van der Waals surface area contributed by atoms with Crippen LogP contribution in [-0.4, -0.2) is 43.9 Å². The second-order valence-electron chi connectivity index (χ2n) is 6.44. The molecule has 2 saturated heterocycles. The molecule has 0 atom stereocenters. The monoisotopic (exact) mass is 295 g/mol. The van der Waals surface area contributed by atoms with Gasteiger partial charge in [0.15, 0.2) is 0 Å². The lowest BCUT2D eigenvalue weighted by molar-refractivity contribution is -0.000947. The summed E-state index contributed by atoms with van der Waals surface area (Å²) in [7, 11) is 0. The van der Waals surface area contributed by atoms with Crippen LogP contribution in [0.5, 0.6) is 0 Å². The zero-order chi connectivity index (χ0) is 15.2. The highest BCUT2D eigenvalue weighted by molar-refractivity contribution is 4.87. The maximum atomic E-state index is 9.67. The van der Waals surface area contributed by atoms with E-state index in [1.165, 1.54) is 38.8 Å². The van der Waals surface area contributed by atoms with E-state index in [-0.39, 0.29) is 0 Å². The largest absolute Gasteiger partial charge is 0.381 e. The van der Waals surface area contributed by atoms with Crippen molar-refractivity contribution >= 4 is 0 Å². The van der Waals surface area contributed by atoms with Gasteiger partial charge in [-0.1, -0.05) is 20.8 Å². The summed E-state index contributed by atoms with van der Waals surface area (Å²) < 4.78 is 34.4. The molecule has 120 valence electrons. The molecule has 0 unspecified atom stereocenters. The van der Waals surface area contributed by atoms with Gasteiger partial charge in [0, 0.05) is 19.3 Å². The number of halogens is 3. The number of hydrogen-bond donors (Lipinski definition) is 0. The normalized spacial score (nSPS) is 24.6. The molecule has 2 rings (SSSR count). The third-order valence-electron chi connectivity index (χ3n) is 5.04. The van der Waals surface area contributed by atoms with Crippen LogP contribution >= 0.6 is 0 Å². The van der Waals surface area contributed by atoms with Gasteiger partial charge in [0.05, 0.1) is 0 Å². The molecule has 2 heterocycles. The Morgan fingerprint density at radius 1 is 1.05 bits per heavy atom. The summed E-state index contributed by atoms with van der Waals surface area (Å²) in [6.07, 6.45) is 5.25. The summed E-state index contributed by atoms with van der Waals surface area (Å²) in [6, 6.07) is 0.811. The molecule has 2 aliphatic heterocycles. The lowest BCUT2D eigenvalue weighted by atomic mass is 9.71. The van der Waals surface area contributed by atoms with E-state index in [0.29, 0.717) is 5.41 Å². The fourth-order valence-electron chi connectivity index (χ4n) is 3.03. The first-order valence-electron chi connectivity index (χ1n) is 7.59. The van der Waals surface area contributed by atoms with Crippen molar-refractivity contribution in [2.45, 2.75) is 59.2 Å². The standard InChI is InChI=1S/C14H27NO.CHF3/c1-12(2)14(3)6-8-15(9-7-14)13-4-10-16-11-5-13;2-1(3)4/h12-13H,4-11H2,1-3H3;1H. The molecular formula is C15H28F3NO. The van der Waals surface area contributed by atoms with E-state index < -0.39 is 6.68 Å². The number of ether oxygens (including phenoxy) is 1. The highest BCUT2D eigenvalue weighted by atomic mass is 19.4. The smallest absolute Gasteiger partial charge is 0.379 e. The second-order valence-corrected chi connectivity index (χ2v) is 6.44. The van der Waals surface area contributed by atoms with Crippen LogP contribution in [0, 0.1) is 11.3 Å². The zero-order valence-corrected chi connectivity index (χ0v) is 12.9. The highest BCUT2D eigenvalue weighted by Gasteiger charge is 2.35. The van der Waals surface area contributed by atoms with Crippen LogP contribution in [-0.2, 0) is 4.74 Å². The number of nitrogens with zero attached hydrogens (tertiary/aromatic N) is 1. The predicted molar refractivity (Wildman–Crippen MR) is 74.7 cm³/mol. The van der Waals surface area contributed by atoms with Gasteiger partial charge in [-0.2, -0.15) is 13.2 Å².